The van der Waals surface area contributed by atoms with Gasteiger partial charge in [0.25, 0.3) is 0 Å². The van der Waals surface area contributed by atoms with Crippen LogP contribution in [0.5, 0.6) is 0 Å². The van der Waals surface area contributed by atoms with Gasteiger partial charge in [-0.05, 0) is 46.0 Å². The molecule has 0 unspecified atom stereocenters. The Balaban J connectivity index is 1.61. The molecule has 0 saturated heterocycles. The van der Waals surface area contributed by atoms with E-state index in [-0.39, 0.29) is 6.61 Å². The molecule has 8 heteroatoms. The van der Waals surface area contributed by atoms with Crippen molar-refractivity contribution in [2.75, 3.05) is 20.6 Å². The molecular formula is C22H27N7O. The van der Waals surface area contributed by atoms with Crippen LogP contribution in [0.1, 0.15) is 29.6 Å². The SMILES string of the molecule is CC(=NOCc1nc2c3c(C)c(C)n(CCN(C)C)c3ncn2n1)c1ccccc1. The average Bonchev–Trinajstić information content (AvgIpc) is 3.25. The van der Waals surface area contributed by atoms with Crippen LogP contribution < -0.4 is 0 Å². The lowest BCUT2D eigenvalue weighted by Crippen LogP contribution is -2.19. The fourth-order valence-electron chi connectivity index (χ4n) is 3.53. The van der Waals surface area contributed by atoms with Crippen molar-refractivity contribution >= 4 is 22.4 Å². The average molecular weight is 406 g/mol. The number of oxime groups is 1. The van der Waals surface area contributed by atoms with Crippen LogP contribution in [0.3, 0.4) is 0 Å². The summed E-state index contributed by atoms with van der Waals surface area (Å²) in [5.74, 6) is 0.576. The number of fused-ring (bicyclic) bond motifs is 3. The van der Waals surface area contributed by atoms with Gasteiger partial charge in [-0.2, -0.15) is 0 Å². The number of aromatic nitrogens is 5. The molecule has 3 heterocycles. The van der Waals surface area contributed by atoms with Crippen molar-refractivity contribution in [1.29, 1.82) is 0 Å². The van der Waals surface area contributed by atoms with Crippen LogP contribution in [0.4, 0.5) is 0 Å². The Labute approximate surface area is 175 Å². The van der Waals surface area contributed by atoms with E-state index in [1.165, 1.54) is 11.3 Å². The quantitative estimate of drug-likeness (QED) is 0.349. The smallest absolute Gasteiger partial charge is 0.192 e. The summed E-state index contributed by atoms with van der Waals surface area (Å²) in [6.07, 6.45) is 1.72. The van der Waals surface area contributed by atoms with Crippen molar-refractivity contribution in [3.63, 3.8) is 0 Å². The second-order valence-electron chi connectivity index (χ2n) is 7.72. The Morgan fingerprint density at radius 1 is 1.13 bits per heavy atom. The molecule has 0 radical (unpaired) electrons. The Morgan fingerprint density at radius 3 is 2.63 bits per heavy atom. The molecule has 30 heavy (non-hydrogen) atoms. The lowest BCUT2D eigenvalue weighted by molar-refractivity contribution is 0.125. The predicted octanol–water partition coefficient (Wildman–Crippen LogP) is 3.20. The maximum absolute atomic E-state index is 5.52. The number of benzene rings is 1. The Morgan fingerprint density at radius 2 is 1.90 bits per heavy atom. The van der Waals surface area contributed by atoms with Crippen molar-refractivity contribution in [2.24, 2.45) is 5.16 Å². The summed E-state index contributed by atoms with van der Waals surface area (Å²) >= 11 is 0. The lowest BCUT2D eigenvalue weighted by atomic mass is 10.1. The van der Waals surface area contributed by atoms with Crippen molar-refractivity contribution in [1.82, 2.24) is 29.0 Å². The van der Waals surface area contributed by atoms with Crippen molar-refractivity contribution < 1.29 is 4.84 Å². The molecule has 0 aliphatic rings. The van der Waals surface area contributed by atoms with Gasteiger partial charge >= 0.3 is 0 Å². The molecule has 8 nitrogen and oxygen atoms in total. The highest BCUT2D eigenvalue weighted by Crippen LogP contribution is 2.26. The topological polar surface area (TPSA) is 72.8 Å². The van der Waals surface area contributed by atoms with E-state index in [0.29, 0.717) is 5.82 Å². The number of aryl methyl sites for hydroxylation is 1. The molecule has 0 bridgehead atoms. The van der Waals surface area contributed by atoms with Crippen molar-refractivity contribution in [3.8, 4) is 0 Å². The number of hydrogen-bond donors (Lipinski definition) is 0. The molecule has 156 valence electrons. The Kier molecular flexibility index (Phi) is 5.50. The molecule has 4 rings (SSSR count). The molecule has 0 saturated carbocycles. The Bertz CT molecular complexity index is 1200. The fourth-order valence-corrected chi connectivity index (χ4v) is 3.53. The molecule has 3 aromatic heterocycles. The third-order valence-corrected chi connectivity index (χ3v) is 5.35. The van der Waals surface area contributed by atoms with Gasteiger partial charge in [0.05, 0.1) is 11.1 Å². The first-order valence-corrected chi connectivity index (χ1v) is 10.0. The van der Waals surface area contributed by atoms with Crippen molar-refractivity contribution in [3.05, 3.63) is 59.3 Å². The Hall–Kier alpha value is -3.26. The largest absolute Gasteiger partial charge is 0.387 e. The van der Waals surface area contributed by atoms with Gasteiger partial charge in [0.15, 0.2) is 18.1 Å². The van der Waals surface area contributed by atoms with E-state index in [1.807, 2.05) is 37.3 Å². The second-order valence-corrected chi connectivity index (χ2v) is 7.72. The van der Waals surface area contributed by atoms with Crippen LogP contribution >= 0.6 is 0 Å². The van der Waals surface area contributed by atoms with Gasteiger partial charge in [-0.25, -0.2) is 14.5 Å². The number of rotatable bonds is 7. The molecule has 0 fully saturated rings. The zero-order valence-corrected chi connectivity index (χ0v) is 18.1. The zero-order valence-electron chi connectivity index (χ0n) is 18.1. The van der Waals surface area contributed by atoms with E-state index in [0.717, 1.165) is 41.0 Å². The van der Waals surface area contributed by atoms with E-state index >= 15 is 0 Å². The van der Waals surface area contributed by atoms with Crippen LogP contribution in [0.25, 0.3) is 16.7 Å². The summed E-state index contributed by atoms with van der Waals surface area (Å²) in [6.45, 7) is 8.19. The highest BCUT2D eigenvalue weighted by molar-refractivity contribution is 5.98. The maximum atomic E-state index is 5.52. The first kappa shape index (κ1) is 20.0. The lowest BCUT2D eigenvalue weighted by Gasteiger charge is -2.12. The predicted molar refractivity (Wildman–Crippen MR) is 118 cm³/mol. The summed E-state index contributed by atoms with van der Waals surface area (Å²) < 4.78 is 3.97. The molecular weight excluding hydrogens is 378 g/mol. The number of hydrogen-bond acceptors (Lipinski definition) is 6. The van der Waals surface area contributed by atoms with Crippen LogP contribution in [0.2, 0.25) is 0 Å². The van der Waals surface area contributed by atoms with E-state index < -0.39 is 0 Å². The van der Waals surface area contributed by atoms with Gasteiger partial charge in [0, 0.05) is 18.8 Å². The number of likely N-dealkylation sites (N-methyl/N-ethyl adjacent to an activating group) is 1. The van der Waals surface area contributed by atoms with Crippen LogP contribution in [0.15, 0.2) is 41.8 Å². The highest BCUT2D eigenvalue weighted by atomic mass is 16.6. The first-order valence-electron chi connectivity index (χ1n) is 10.0. The fraction of sp³-hybridized carbons (Fsp3) is 0.364. The molecule has 0 N–H and O–H groups in total. The van der Waals surface area contributed by atoms with Gasteiger partial charge in [0.1, 0.15) is 12.0 Å². The van der Waals surface area contributed by atoms with Gasteiger partial charge in [-0.1, -0.05) is 35.5 Å². The standard InChI is InChI=1S/C22H27N7O/c1-15-17(3)28(12-11-27(4)5)21-20(15)22-24-19(25-29(22)14-23-21)13-30-26-16(2)18-9-7-6-8-10-18/h6-10,14H,11-13H2,1-5H3. The summed E-state index contributed by atoms with van der Waals surface area (Å²) in [6, 6.07) is 9.93. The second kappa shape index (κ2) is 8.23. The minimum Gasteiger partial charge on any atom is -0.387 e. The number of nitrogens with zero attached hydrogens (tertiary/aromatic N) is 7. The summed E-state index contributed by atoms with van der Waals surface area (Å²) in [5, 5.41) is 9.76. The molecule has 1 aromatic carbocycles. The molecule has 0 spiro atoms. The summed E-state index contributed by atoms with van der Waals surface area (Å²) in [4.78, 5) is 17.1. The van der Waals surface area contributed by atoms with Crippen LogP contribution in [-0.4, -0.2) is 55.4 Å². The van der Waals surface area contributed by atoms with E-state index in [9.17, 15) is 0 Å². The van der Waals surface area contributed by atoms with Crippen LogP contribution in [-0.2, 0) is 18.0 Å². The van der Waals surface area contributed by atoms with E-state index in [4.69, 9.17) is 9.82 Å². The highest BCUT2D eigenvalue weighted by Gasteiger charge is 2.18. The van der Waals surface area contributed by atoms with Gasteiger partial charge in [-0.3, -0.25) is 0 Å². The molecule has 0 amide bonds. The molecule has 0 aliphatic carbocycles. The minimum absolute atomic E-state index is 0.201. The summed E-state index contributed by atoms with van der Waals surface area (Å²) in [5.41, 5.74) is 5.96. The monoisotopic (exact) mass is 405 g/mol. The van der Waals surface area contributed by atoms with Crippen LogP contribution in [0, 0.1) is 13.8 Å². The molecule has 0 aliphatic heterocycles. The minimum atomic E-state index is 0.201. The van der Waals surface area contributed by atoms with Crippen molar-refractivity contribution in [2.45, 2.75) is 33.9 Å². The van der Waals surface area contributed by atoms with Gasteiger partial charge in [-0.15, -0.1) is 5.10 Å². The molecule has 4 aromatic rings. The molecule has 0 atom stereocenters. The zero-order chi connectivity index (χ0) is 21.3. The normalized spacial score (nSPS) is 12.4. The third-order valence-electron chi connectivity index (χ3n) is 5.35. The van der Waals surface area contributed by atoms with E-state index in [2.05, 4.69) is 52.6 Å². The van der Waals surface area contributed by atoms with Gasteiger partial charge < -0.3 is 14.3 Å². The first-order chi connectivity index (χ1) is 14.5. The summed E-state index contributed by atoms with van der Waals surface area (Å²) in [7, 11) is 4.15. The van der Waals surface area contributed by atoms with E-state index in [1.54, 1.807) is 10.8 Å². The van der Waals surface area contributed by atoms with Gasteiger partial charge in [0.2, 0.25) is 0 Å². The maximum Gasteiger partial charge on any atom is 0.192 e. The third kappa shape index (κ3) is 3.78.